The van der Waals surface area contributed by atoms with E-state index < -0.39 is 6.04 Å². The van der Waals surface area contributed by atoms with Gasteiger partial charge in [0.2, 0.25) is 11.8 Å². The summed E-state index contributed by atoms with van der Waals surface area (Å²) < 4.78 is 0. The highest BCUT2D eigenvalue weighted by molar-refractivity contribution is 6.31. The van der Waals surface area contributed by atoms with Crippen LogP contribution >= 0.6 is 11.6 Å². The quantitative estimate of drug-likeness (QED) is 0.792. The molecule has 0 unspecified atom stereocenters. The van der Waals surface area contributed by atoms with Crippen molar-refractivity contribution in [2.24, 2.45) is 0 Å². The SMILES string of the molecule is C[C@@H](Nc1cc(Cl)ccc1N1CCCCC1)C(=O)N1CC(=O)Nc2ccccc21. The van der Waals surface area contributed by atoms with Crippen molar-refractivity contribution in [3.63, 3.8) is 0 Å². The van der Waals surface area contributed by atoms with Crippen LogP contribution in [0, 0.1) is 0 Å². The Morgan fingerprint density at radius 3 is 2.66 bits per heavy atom. The fraction of sp³-hybridized carbons (Fsp3) is 0.364. The number of rotatable bonds is 4. The molecule has 1 saturated heterocycles. The van der Waals surface area contributed by atoms with Gasteiger partial charge in [0.1, 0.15) is 12.6 Å². The van der Waals surface area contributed by atoms with Crippen LogP contribution in [0.5, 0.6) is 0 Å². The molecule has 2 aliphatic heterocycles. The van der Waals surface area contributed by atoms with Gasteiger partial charge in [-0.1, -0.05) is 23.7 Å². The summed E-state index contributed by atoms with van der Waals surface area (Å²) in [6.07, 6.45) is 3.57. The second kappa shape index (κ2) is 8.33. The summed E-state index contributed by atoms with van der Waals surface area (Å²) in [5, 5.41) is 6.78. The molecule has 2 aliphatic rings. The lowest BCUT2D eigenvalue weighted by atomic mass is 10.1. The van der Waals surface area contributed by atoms with Crippen LogP contribution in [0.2, 0.25) is 5.02 Å². The molecule has 0 radical (unpaired) electrons. The van der Waals surface area contributed by atoms with Gasteiger partial charge < -0.3 is 15.5 Å². The van der Waals surface area contributed by atoms with E-state index in [0.717, 1.165) is 37.3 Å². The van der Waals surface area contributed by atoms with E-state index >= 15 is 0 Å². The van der Waals surface area contributed by atoms with Gasteiger partial charge in [0.15, 0.2) is 0 Å². The Kier molecular flexibility index (Phi) is 5.62. The monoisotopic (exact) mass is 412 g/mol. The summed E-state index contributed by atoms with van der Waals surface area (Å²) >= 11 is 6.25. The van der Waals surface area contributed by atoms with Gasteiger partial charge in [-0.15, -0.1) is 0 Å². The molecule has 152 valence electrons. The fourth-order valence-electron chi connectivity index (χ4n) is 3.99. The van der Waals surface area contributed by atoms with Crippen LogP contribution in [0.4, 0.5) is 22.7 Å². The largest absolute Gasteiger partial charge is 0.372 e. The highest BCUT2D eigenvalue weighted by Crippen LogP contribution is 2.33. The lowest BCUT2D eigenvalue weighted by Gasteiger charge is -2.33. The minimum absolute atomic E-state index is 0.0103. The van der Waals surface area contributed by atoms with E-state index in [1.54, 1.807) is 6.07 Å². The topological polar surface area (TPSA) is 64.7 Å². The van der Waals surface area contributed by atoms with Crippen molar-refractivity contribution in [1.82, 2.24) is 0 Å². The summed E-state index contributed by atoms with van der Waals surface area (Å²) in [6.45, 7) is 3.82. The van der Waals surface area contributed by atoms with Crippen molar-refractivity contribution < 1.29 is 9.59 Å². The van der Waals surface area contributed by atoms with Crippen molar-refractivity contribution in [2.75, 3.05) is 40.1 Å². The van der Waals surface area contributed by atoms with Crippen LogP contribution < -0.4 is 20.4 Å². The van der Waals surface area contributed by atoms with Gasteiger partial charge >= 0.3 is 0 Å². The molecule has 4 rings (SSSR count). The standard InChI is InChI=1S/C22H25ClN4O2/c1-15(22(29)27-14-21(28)25-17-7-3-4-8-20(17)27)24-18-13-16(23)9-10-19(18)26-11-5-2-6-12-26/h3-4,7-10,13,15,24H,2,5-6,11-12,14H2,1H3,(H,25,28)/t15-/m1/s1. The zero-order valence-corrected chi connectivity index (χ0v) is 17.2. The van der Waals surface area contributed by atoms with Crippen molar-refractivity contribution in [3.8, 4) is 0 Å². The number of hydrogen-bond donors (Lipinski definition) is 2. The predicted molar refractivity (Wildman–Crippen MR) is 118 cm³/mol. The van der Waals surface area contributed by atoms with Crippen LogP contribution in [0.1, 0.15) is 26.2 Å². The number of fused-ring (bicyclic) bond motifs is 1. The molecule has 2 heterocycles. The van der Waals surface area contributed by atoms with Gasteiger partial charge in [0.05, 0.1) is 22.7 Å². The fourth-order valence-corrected chi connectivity index (χ4v) is 4.17. The molecule has 0 bridgehead atoms. The van der Waals surface area contributed by atoms with Crippen molar-refractivity contribution in [1.29, 1.82) is 0 Å². The Bertz CT molecular complexity index is 927. The smallest absolute Gasteiger partial charge is 0.249 e. The highest BCUT2D eigenvalue weighted by atomic mass is 35.5. The molecule has 2 aromatic rings. The Hall–Kier alpha value is -2.73. The van der Waals surface area contributed by atoms with E-state index in [-0.39, 0.29) is 18.4 Å². The van der Waals surface area contributed by atoms with Crippen molar-refractivity contribution in [2.45, 2.75) is 32.2 Å². The lowest BCUT2D eigenvalue weighted by Crippen LogP contribution is -2.48. The first-order chi connectivity index (χ1) is 14.0. The molecule has 6 nitrogen and oxygen atoms in total. The van der Waals surface area contributed by atoms with Gasteiger partial charge in [-0.25, -0.2) is 0 Å². The zero-order chi connectivity index (χ0) is 20.4. The maximum absolute atomic E-state index is 13.2. The molecule has 2 N–H and O–H groups in total. The molecular formula is C22H25ClN4O2. The molecule has 2 amide bonds. The number of piperidine rings is 1. The lowest BCUT2D eigenvalue weighted by molar-refractivity contribution is -0.122. The van der Waals surface area contributed by atoms with Crippen LogP contribution in [-0.4, -0.2) is 37.5 Å². The molecule has 1 atom stereocenters. The Balaban J connectivity index is 1.57. The number of hydrogen-bond acceptors (Lipinski definition) is 4. The molecular weight excluding hydrogens is 388 g/mol. The average Bonchev–Trinajstić information content (AvgIpc) is 2.73. The number of nitrogens with one attached hydrogen (secondary N) is 2. The van der Waals surface area contributed by atoms with Gasteiger partial charge in [0, 0.05) is 18.1 Å². The first kappa shape index (κ1) is 19.6. The first-order valence-electron chi connectivity index (χ1n) is 10.0. The maximum atomic E-state index is 13.2. The normalized spacial score (nSPS) is 17.4. The Morgan fingerprint density at radius 2 is 1.86 bits per heavy atom. The number of para-hydroxylation sites is 2. The Labute approximate surface area is 175 Å². The summed E-state index contributed by atoms with van der Waals surface area (Å²) in [7, 11) is 0. The first-order valence-corrected chi connectivity index (χ1v) is 10.4. The molecule has 2 aromatic carbocycles. The molecule has 0 aliphatic carbocycles. The number of amides is 2. The van der Waals surface area contributed by atoms with E-state index in [2.05, 4.69) is 15.5 Å². The van der Waals surface area contributed by atoms with Gasteiger partial charge in [0.25, 0.3) is 0 Å². The van der Waals surface area contributed by atoms with Crippen LogP contribution in [0.25, 0.3) is 0 Å². The summed E-state index contributed by atoms with van der Waals surface area (Å²) in [5.41, 5.74) is 3.27. The number of nitrogens with zero attached hydrogens (tertiary/aromatic N) is 2. The second-order valence-electron chi connectivity index (χ2n) is 7.56. The predicted octanol–water partition coefficient (Wildman–Crippen LogP) is 4.12. The number of benzene rings is 2. The summed E-state index contributed by atoms with van der Waals surface area (Å²) in [6, 6.07) is 12.6. The van der Waals surface area contributed by atoms with E-state index in [1.165, 1.54) is 11.3 Å². The number of halogens is 1. The minimum Gasteiger partial charge on any atom is -0.372 e. The number of carbonyl (C=O) groups excluding carboxylic acids is 2. The molecule has 7 heteroatoms. The highest BCUT2D eigenvalue weighted by Gasteiger charge is 2.30. The third-order valence-electron chi connectivity index (χ3n) is 5.43. The third kappa shape index (κ3) is 4.17. The van der Waals surface area contributed by atoms with E-state index in [4.69, 9.17) is 11.6 Å². The second-order valence-corrected chi connectivity index (χ2v) is 8.00. The molecule has 29 heavy (non-hydrogen) atoms. The molecule has 0 spiro atoms. The average molecular weight is 413 g/mol. The van der Waals surface area contributed by atoms with E-state index in [0.29, 0.717) is 16.4 Å². The van der Waals surface area contributed by atoms with E-state index in [9.17, 15) is 9.59 Å². The molecule has 0 aromatic heterocycles. The van der Waals surface area contributed by atoms with Crippen LogP contribution in [-0.2, 0) is 9.59 Å². The number of carbonyl (C=O) groups is 2. The third-order valence-corrected chi connectivity index (χ3v) is 5.67. The zero-order valence-electron chi connectivity index (χ0n) is 16.5. The number of anilines is 4. The van der Waals surface area contributed by atoms with Crippen molar-refractivity contribution >= 4 is 46.2 Å². The molecule has 1 fully saturated rings. The van der Waals surface area contributed by atoms with Crippen LogP contribution in [0.15, 0.2) is 42.5 Å². The van der Waals surface area contributed by atoms with Gasteiger partial charge in [-0.2, -0.15) is 0 Å². The summed E-state index contributed by atoms with van der Waals surface area (Å²) in [5.74, 6) is -0.349. The van der Waals surface area contributed by atoms with Crippen LogP contribution in [0.3, 0.4) is 0 Å². The van der Waals surface area contributed by atoms with E-state index in [1.807, 2.05) is 43.3 Å². The minimum atomic E-state index is -0.518. The maximum Gasteiger partial charge on any atom is 0.249 e. The molecule has 0 saturated carbocycles. The van der Waals surface area contributed by atoms with Crippen molar-refractivity contribution in [3.05, 3.63) is 47.5 Å². The summed E-state index contributed by atoms with van der Waals surface area (Å²) in [4.78, 5) is 29.2. The van der Waals surface area contributed by atoms with Gasteiger partial charge in [-0.3, -0.25) is 14.5 Å². The van der Waals surface area contributed by atoms with Gasteiger partial charge in [-0.05, 0) is 56.5 Å². The Morgan fingerprint density at radius 1 is 1.10 bits per heavy atom.